The number of ether oxygens (including phenoxy) is 1. The summed E-state index contributed by atoms with van der Waals surface area (Å²) in [5.41, 5.74) is 3.39. The molecule has 0 fully saturated rings. The average molecular weight is 449 g/mol. The summed E-state index contributed by atoms with van der Waals surface area (Å²) < 4.78 is 7.07. The Kier molecular flexibility index (Phi) is 8.01. The molecule has 0 spiro atoms. The molecule has 0 bridgehead atoms. The molecule has 0 saturated carbocycles. The van der Waals surface area contributed by atoms with E-state index in [9.17, 15) is 9.59 Å². The molecule has 0 aliphatic heterocycles. The summed E-state index contributed by atoms with van der Waals surface area (Å²) >= 11 is 0. The van der Waals surface area contributed by atoms with E-state index in [0.717, 1.165) is 30.1 Å². The Hall–Kier alpha value is -3.45. The fourth-order valence-corrected chi connectivity index (χ4v) is 4.15. The lowest BCUT2D eigenvalue weighted by Gasteiger charge is -2.30. The number of nitrogens with one attached hydrogen (secondary N) is 1. The average Bonchev–Trinajstić information content (AvgIpc) is 3.15. The van der Waals surface area contributed by atoms with Gasteiger partial charge in [0.2, 0.25) is 0 Å². The largest absolute Gasteiger partial charge is 0.497 e. The number of carbonyl (C=O) groups is 2. The minimum atomic E-state index is -0.631. The van der Waals surface area contributed by atoms with Crippen LogP contribution in [0.5, 0.6) is 5.75 Å². The van der Waals surface area contributed by atoms with Crippen molar-refractivity contribution < 1.29 is 14.3 Å². The first kappa shape index (κ1) is 24.2. The molecule has 1 amide bonds. The van der Waals surface area contributed by atoms with Gasteiger partial charge in [0.25, 0.3) is 11.7 Å². The minimum absolute atomic E-state index is 0.0823. The van der Waals surface area contributed by atoms with Crippen LogP contribution in [-0.2, 0) is 4.79 Å². The zero-order valence-electron chi connectivity index (χ0n) is 20.0. The summed E-state index contributed by atoms with van der Waals surface area (Å²) in [5.74, 6) is -0.448. The van der Waals surface area contributed by atoms with Crippen LogP contribution in [0, 0.1) is 13.8 Å². The molecular weight excluding hydrogens is 416 g/mol. The van der Waals surface area contributed by atoms with Crippen LogP contribution in [-0.4, -0.2) is 53.1 Å². The number of methoxy groups -OCH3 is 1. The van der Waals surface area contributed by atoms with Gasteiger partial charge in [-0.15, -0.1) is 0 Å². The van der Waals surface area contributed by atoms with Gasteiger partial charge in [-0.2, -0.15) is 5.10 Å². The molecule has 174 valence electrons. The maximum atomic E-state index is 13.1. The third-order valence-corrected chi connectivity index (χ3v) is 5.91. The van der Waals surface area contributed by atoms with E-state index in [-0.39, 0.29) is 6.04 Å². The molecule has 3 aromatic rings. The molecule has 1 atom stereocenters. The van der Waals surface area contributed by atoms with Gasteiger partial charge < -0.3 is 10.1 Å². The number of benzene rings is 2. The second-order valence-corrected chi connectivity index (χ2v) is 7.85. The minimum Gasteiger partial charge on any atom is -0.497 e. The van der Waals surface area contributed by atoms with Crippen molar-refractivity contribution in [1.82, 2.24) is 20.0 Å². The van der Waals surface area contributed by atoms with Gasteiger partial charge in [-0.05, 0) is 56.8 Å². The molecule has 0 aliphatic carbocycles. The number of para-hydroxylation sites is 1. The Morgan fingerprint density at radius 1 is 1.06 bits per heavy atom. The SMILES string of the molecule is CCN(CC)[C@H](CNC(=O)C(=O)c1c(C)nn(-c2ccccc2)c1C)c1cccc(OC)c1. The smallest absolute Gasteiger partial charge is 0.292 e. The maximum absolute atomic E-state index is 13.1. The Balaban J connectivity index is 1.81. The van der Waals surface area contributed by atoms with Crippen LogP contribution in [0.1, 0.15) is 47.2 Å². The quantitative estimate of drug-likeness (QED) is 0.376. The van der Waals surface area contributed by atoms with Crippen LogP contribution in [0.4, 0.5) is 0 Å². The number of aryl methyl sites for hydroxylation is 1. The van der Waals surface area contributed by atoms with Crippen molar-refractivity contribution in [3.8, 4) is 11.4 Å². The standard InChI is InChI=1S/C26H32N4O3/c1-6-29(7-2)23(20-12-11-15-22(16-20)33-5)17-27-26(32)25(31)24-18(3)28-30(19(24)4)21-13-9-8-10-14-21/h8-16,23H,6-7,17H2,1-5H3,(H,27,32)/t23-/m1/s1. The first-order valence-corrected chi connectivity index (χ1v) is 11.2. The summed E-state index contributed by atoms with van der Waals surface area (Å²) in [7, 11) is 1.63. The van der Waals surface area contributed by atoms with Gasteiger partial charge >= 0.3 is 0 Å². The van der Waals surface area contributed by atoms with Crippen molar-refractivity contribution in [2.75, 3.05) is 26.7 Å². The molecule has 1 heterocycles. The summed E-state index contributed by atoms with van der Waals surface area (Å²) in [4.78, 5) is 28.2. The van der Waals surface area contributed by atoms with E-state index in [4.69, 9.17) is 4.74 Å². The van der Waals surface area contributed by atoms with Gasteiger partial charge in [0, 0.05) is 6.54 Å². The monoisotopic (exact) mass is 448 g/mol. The maximum Gasteiger partial charge on any atom is 0.292 e. The van der Waals surface area contributed by atoms with Crippen LogP contribution < -0.4 is 10.1 Å². The van der Waals surface area contributed by atoms with Gasteiger partial charge in [-0.3, -0.25) is 14.5 Å². The first-order chi connectivity index (χ1) is 15.9. The van der Waals surface area contributed by atoms with Crippen LogP contribution in [0.25, 0.3) is 5.69 Å². The van der Waals surface area contributed by atoms with Crippen molar-refractivity contribution in [2.24, 2.45) is 0 Å². The van der Waals surface area contributed by atoms with Gasteiger partial charge in [-0.1, -0.05) is 44.2 Å². The number of amides is 1. The molecule has 0 saturated heterocycles. The Morgan fingerprint density at radius 3 is 2.39 bits per heavy atom. The zero-order valence-corrected chi connectivity index (χ0v) is 20.0. The number of aromatic nitrogens is 2. The van der Waals surface area contributed by atoms with Gasteiger partial charge in [-0.25, -0.2) is 4.68 Å². The van der Waals surface area contributed by atoms with Crippen LogP contribution in [0.2, 0.25) is 0 Å². The summed E-state index contributed by atoms with van der Waals surface area (Å²) in [6.45, 7) is 9.64. The summed E-state index contributed by atoms with van der Waals surface area (Å²) in [6.07, 6.45) is 0. The molecule has 7 nitrogen and oxygen atoms in total. The second-order valence-electron chi connectivity index (χ2n) is 7.85. The molecule has 0 aliphatic rings. The highest BCUT2D eigenvalue weighted by Crippen LogP contribution is 2.24. The Labute approximate surface area is 195 Å². The molecule has 1 N–H and O–H groups in total. The van der Waals surface area contributed by atoms with E-state index >= 15 is 0 Å². The lowest BCUT2D eigenvalue weighted by molar-refractivity contribution is -0.117. The molecule has 33 heavy (non-hydrogen) atoms. The molecule has 0 unspecified atom stereocenters. The highest BCUT2D eigenvalue weighted by molar-refractivity contribution is 6.43. The molecule has 0 radical (unpaired) electrons. The first-order valence-electron chi connectivity index (χ1n) is 11.2. The molecule has 3 rings (SSSR count). The third-order valence-electron chi connectivity index (χ3n) is 5.91. The number of nitrogens with zero attached hydrogens (tertiary/aromatic N) is 3. The lowest BCUT2D eigenvalue weighted by atomic mass is 10.0. The molecular formula is C26H32N4O3. The summed E-state index contributed by atoms with van der Waals surface area (Å²) in [5, 5.41) is 7.36. The normalized spacial score (nSPS) is 11.9. The van der Waals surface area contributed by atoms with E-state index in [2.05, 4.69) is 29.2 Å². The lowest BCUT2D eigenvalue weighted by Crippen LogP contribution is -2.40. The topological polar surface area (TPSA) is 76.5 Å². The fourth-order valence-electron chi connectivity index (χ4n) is 4.15. The van der Waals surface area contributed by atoms with E-state index in [1.165, 1.54) is 0 Å². The number of ketones is 1. The molecule has 2 aromatic carbocycles. The molecule has 7 heteroatoms. The summed E-state index contributed by atoms with van der Waals surface area (Å²) in [6, 6.07) is 17.3. The number of carbonyl (C=O) groups excluding carboxylic acids is 2. The predicted molar refractivity (Wildman–Crippen MR) is 129 cm³/mol. The van der Waals surface area contributed by atoms with Crippen LogP contribution >= 0.6 is 0 Å². The van der Waals surface area contributed by atoms with E-state index in [1.54, 1.807) is 18.7 Å². The number of Topliss-reactive ketones (excluding diaryl/α,β-unsaturated/α-hetero) is 1. The molecule has 1 aromatic heterocycles. The highest BCUT2D eigenvalue weighted by atomic mass is 16.5. The van der Waals surface area contributed by atoms with Gasteiger partial charge in [0.1, 0.15) is 5.75 Å². The third kappa shape index (κ3) is 5.31. The fraction of sp³-hybridized carbons (Fsp3) is 0.346. The predicted octanol–water partition coefficient (Wildman–Crippen LogP) is 3.88. The van der Waals surface area contributed by atoms with Crippen molar-refractivity contribution >= 4 is 11.7 Å². The van der Waals surface area contributed by atoms with E-state index < -0.39 is 11.7 Å². The van der Waals surface area contributed by atoms with Crippen LogP contribution in [0.15, 0.2) is 54.6 Å². The number of hydrogen-bond acceptors (Lipinski definition) is 5. The van der Waals surface area contributed by atoms with E-state index in [0.29, 0.717) is 23.5 Å². The van der Waals surface area contributed by atoms with Crippen molar-refractivity contribution in [3.05, 3.63) is 77.1 Å². The Bertz CT molecular complexity index is 1100. The van der Waals surface area contributed by atoms with Gasteiger partial charge in [0.15, 0.2) is 0 Å². The van der Waals surface area contributed by atoms with Crippen molar-refractivity contribution in [1.29, 1.82) is 0 Å². The number of rotatable bonds is 10. The highest BCUT2D eigenvalue weighted by Gasteiger charge is 2.27. The van der Waals surface area contributed by atoms with E-state index in [1.807, 2.05) is 61.5 Å². The Morgan fingerprint density at radius 2 is 1.76 bits per heavy atom. The second kappa shape index (κ2) is 10.9. The van der Waals surface area contributed by atoms with Crippen molar-refractivity contribution in [2.45, 2.75) is 33.7 Å². The number of hydrogen-bond donors (Lipinski definition) is 1. The zero-order chi connectivity index (χ0) is 24.0. The number of likely N-dealkylation sites (N-methyl/N-ethyl adjacent to an activating group) is 1. The van der Waals surface area contributed by atoms with Crippen molar-refractivity contribution in [3.63, 3.8) is 0 Å². The van der Waals surface area contributed by atoms with Crippen LogP contribution in [0.3, 0.4) is 0 Å². The van der Waals surface area contributed by atoms with Gasteiger partial charge in [0.05, 0.1) is 35.8 Å².